The molecule has 1 aromatic heterocycles. The predicted molar refractivity (Wildman–Crippen MR) is 83.8 cm³/mol. The lowest BCUT2D eigenvalue weighted by Crippen LogP contribution is -2.17. The second kappa shape index (κ2) is 5.30. The second-order valence-electron chi connectivity index (χ2n) is 4.53. The Morgan fingerprint density at radius 3 is 2.94 bits per heavy atom. The zero-order valence-corrected chi connectivity index (χ0v) is 13.5. The van der Waals surface area contributed by atoms with Crippen LogP contribution in [-0.4, -0.2) is 15.8 Å². The van der Waals surface area contributed by atoms with Crippen LogP contribution in [0.3, 0.4) is 0 Å². The third-order valence-electron chi connectivity index (χ3n) is 3.00. The summed E-state index contributed by atoms with van der Waals surface area (Å²) in [6.45, 7) is 0.906. The molecule has 2 aromatic rings. The number of hydrogen-bond acceptors (Lipinski definition) is 2. The number of halogens is 2. The maximum absolute atomic E-state index is 4.39. The Kier molecular flexibility index (Phi) is 3.72. The molecule has 1 fully saturated rings. The van der Waals surface area contributed by atoms with Gasteiger partial charge in [-0.25, -0.2) is 4.68 Å². The first-order valence-corrected chi connectivity index (χ1v) is 7.82. The van der Waals surface area contributed by atoms with Crippen LogP contribution in [-0.2, 0) is 6.54 Å². The third kappa shape index (κ3) is 2.95. The van der Waals surface area contributed by atoms with E-state index < -0.39 is 0 Å². The average Bonchev–Trinajstić information content (AvgIpc) is 3.09. The van der Waals surface area contributed by atoms with Crippen LogP contribution < -0.4 is 5.32 Å². The molecular weight excluding hydrogens is 405 g/mol. The topological polar surface area (TPSA) is 29.9 Å². The van der Waals surface area contributed by atoms with Gasteiger partial charge in [0.25, 0.3) is 0 Å². The van der Waals surface area contributed by atoms with Crippen molar-refractivity contribution < 1.29 is 0 Å². The molecule has 1 heterocycles. The summed E-state index contributed by atoms with van der Waals surface area (Å²) in [4.78, 5) is 0. The van der Waals surface area contributed by atoms with Gasteiger partial charge in [-0.2, -0.15) is 5.10 Å². The second-order valence-corrected chi connectivity index (χ2v) is 6.69. The Morgan fingerprint density at radius 2 is 2.28 bits per heavy atom. The van der Waals surface area contributed by atoms with E-state index in [4.69, 9.17) is 0 Å². The van der Waals surface area contributed by atoms with Crippen molar-refractivity contribution in [1.82, 2.24) is 15.1 Å². The lowest BCUT2D eigenvalue weighted by Gasteiger charge is -2.11. The van der Waals surface area contributed by atoms with Crippen molar-refractivity contribution in [3.05, 3.63) is 44.2 Å². The number of benzene rings is 1. The van der Waals surface area contributed by atoms with Crippen LogP contribution in [0, 0.1) is 3.57 Å². The summed E-state index contributed by atoms with van der Waals surface area (Å²) in [5.74, 6) is 0. The summed E-state index contributed by atoms with van der Waals surface area (Å²) >= 11 is 5.81. The highest BCUT2D eigenvalue weighted by Crippen LogP contribution is 2.23. The summed E-state index contributed by atoms with van der Waals surface area (Å²) in [7, 11) is 0. The van der Waals surface area contributed by atoms with Crippen molar-refractivity contribution in [2.45, 2.75) is 25.4 Å². The fourth-order valence-electron chi connectivity index (χ4n) is 1.87. The van der Waals surface area contributed by atoms with E-state index in [1.807, 2.05) is 17.1 Å². The lowest BCUT2D eigenvalue weighted by molar-refractivity contribution is 0.681. The van der Waals surface area contributed by atoms with Gasteiger partial charge in [0.05, 0.1) is 15.5 Å². The molecule has 0 radical (unpaired) electrons. The molecule has 1 N–H and O–H groups in total. The SMILES string of the molecule is Brc1ccc(CNC2CC2)c(-n2cc(I)cn2)c1. The molecule has 94 valence electrons. The zero-order valence-electron chi connectivity index (χ0n) is 9.74. The molecule has 0 spiro atoms. The van der Waals surface area contributed by atoms with Gasteiger partial charge in [0, 0.05) is 23.3 Å². The average molecular weight is 418 g/mol. The number of aromatic nitrogens is 2. The molecule has 0 unspecified atom stereocenters. The predicted octanol–water partition coefficient (Wildman–Crippen LogP) is 3.49. The van der Waals surface area contributed by atoms with E-state index in [-0.39, 0.29) is 0 Å². The van der Waals surface area contributed by atoms with E-state index in [9.17, 15) is 0 Å². The van der Waals surface area contributed by atoms with Crippen molar-refractivity contribution in [2.75, 3.05) is 0 Å². The van der Waals surface area contributed by atoms with Gasteiger partial charge in [0.15, 0.2) is 0 Å². The van der Waals surface area contributed by atoms with Gasteiger partial charge in [-0.1, -0.05) is 22.0 Å². The minimum atomic E-state index is 0.722. The van der Waals surface area contributed by atoms with Crippen molar-refractivity contribution in [2.24, 2.45) is 0 Å². The molecule has 1 saturated carbocycles. The van der Waals surface area contributed by atoms with Gasteiger partial charge in [-0.05, 0) is 53.1 Å². The molecular formula is C13H13BrIN3. The van der Waals surface area contributed by atoms with Gasteiger partial charge in [-0.15, -0.1) is 0 Å². The highest BCUT2D eigenvalue weighted by atomic mass is 127. The fraction of sp³-hybridized carbons (Fsp3) is 0.308. The first-order valence-electron chi connectivity index (χ1n) is 5.95. The number of nitrogens with one attached hydrogen (secondary N) is 1. The highest BCUT2D eigenvalue weighted by Gasteiger charge is 2.20. The monoisotopic (exact) mass is 417 g/mol. The van der Waals surface area contributed by atoms with E-state index >= 15 is 0 Å². The van der Waals surface area contributed by atoms with Gasteiger partial charge < -0.3 is 5.32 Å². The summed E-state index contributed by atoms with van der Waals surface area (Å²) in [5, 5.41) is 7.94. The Morgan fingerprint density at radius 1 is 1.44 bits per heavy atom. The van der Waals surface area contributed by atoms with Crippen molar-refractivity contribution in [3.8, 4) is 5.69 Å². The smallest absolute Gasteiger partial charge is 0.0702 e. The van der Waals surface area contributed by atoms with Gasteiger partial charge >= 0.3 is 0 Å². The first kappa shape index (κ1) is 12.6. The summed E-state index contributed by atoms with van der Waals surface area (Å²) in [5.41, 5.74) is 2.42. The Bertz CT molecular complexity index is 563. The molecule has 0 aliphatic heterocycles. The summed E-state index contributed by atoms with van der Waals surface area (Å²) in [6.07, 6.45) is 6.54. The quantitative estimate of drug-likeness (QED) is 0.771. The summed E-state index contributed by atoms with van der Waals surface area (Å²) < 4.78 is 4.17. The highest BCUT2D eigenvalue weighted by molar-refractivity contribution is 14.1. The lowest BCUT2D eigenvalue weighted by atomic mass is 10.2. The molecule has 18 heavy (non-hydrogen) atoms. The van der Waals surface area contributed by atoms with Crippen LogP contribution in [0.5, 0.6) is 0 Å². The number of hydrogen-bond donors (Lipinski definition) is 1. The van der Waals surface area contributed by atoms with Gasteiger partial charge in [-0.3, -0.25) is 0 Å². The van der Waals surface area contributed by atoms with E-state index in [0.29, 0.717) is 0 Å². The minimum absolute atomic E-state index is 0.722. The van der Waals surface area contributed by atoms with E-state index in [1.165, 1.54) is 18.4 Å². The summed E-state index contributed by atoms with van der Waals surface area (Å²) in [6, 6.07) is 7.08. The molecule has 0 bridgehead atoms. The van der Waals surface area contributed by atoms with Gasteiger partial charge in [0.1, 0.15) is 0 Å². The van der Waals surface area contributed by atoms with E-state index in [1.54, 1.807) is 0 Å². The maximum atomic E-state index is 4.39. The molecule has 0 saturated heterocycles. The van der Waals surface area contributed by atoms with Crippen molar-refractivity contribution in [3.63, 3.8) is 0 Å². The molecule has 0 atom stereocenters. The number of rotatable bonds is 4. The van der Waals surface area contributed by atoms with Gasteiger partial charge in [0.2, 0.25) is 0 Å². The normalized spacial score (nSPS) is 15.0. The molecule has 0 amide bonds. The van der Waals surface area contributed by atoms with Crippen LogP contribution in [0.15, 0.2) is 35.1 Å². The van der Waals surface area contributed by atoms with Crippen LogP contribution in [0.25, 0.3) is 5.69 Å². The van der Waals surface area contributed by atoms with Crippen molar-refractivity contribution in [1.29, 1.82) is 0 Å². The molecule has 1 aliphatic rings. The van der Waals surface area contributed by atoms with Crippen LogP contribution in [0.1, 0.15) is 18.4 Å². The molecule has 3 nitrogen and oxygen atoms in total. The standard InChI is InChI=1S/C13H13BrIN3/c14-10-2-1-9(6-16-12-3-4-12)13(5-10)18-8-11(15)7-17-18/h1-2,5,7-8,12,16H,3-4,6H2. The molecule has 1 aromatic carbocycles. The van der Waals surface area contributed by atoms with Crippen LogP contribution in [0.4, 0.5) is 0 Å². The Hall–Kier alpha value is -0.400. The zero-order chi connectivity index (χ0) is 12.5. The minimum Gasteiger partial charge on any atom is -0.310 e. The largest absolute Gasteiger partial charge is 0.310 e. The van der Waals surface area contributed by atoms with Crippen LogP contribution >= 0.6 is 38.5 Å². The Balaban J connectivity index is 1.91. The maximum Gasteiger partial charge on any atom is 0.0702 e. The molecule has 5 heteroatoms. The van der Waals surface area contributed by atoms with E-state index in [0.717, 1.165) is 26.3 Å². The molecule has 1 aliphatic carbocycles. The molecule has 3 rings (SSSR count). The first-order chi connectivity index (χ1) is 8.72. The van der Waals surface area contributed by atoms with Crippen LogP contribution in [0.2, 0.25) is 0 Å². The fourth-order valence-corrected chi connectivity index (χ4v) is 2.61. The number of nitrogens with zero attached hydrogens (tertiary/aromatic N) is 2. The van der Waals surface area contributed by atoms with E-state index in [2.05, 4.69) is 67.1 Å². The third-order valence-corrected chi connectivity index (χ3v) is 4.05. The Labute approximate surface area is 128 Å². The van der Waals surface area contributed by atoms with Crippen molar-refractivity contribution >= 4 is 38.5 Å².